The molecule has 156 valence electrons. The minimum Gasteiger partial charge on any atom is -0.489 e. The highest BCUT2D eigenvalue weighted by molar-refractivity contribution is 5.94. The smallest absolute Gasteiger partial charge is 0.251 e. The van der Waals surface area contributed by atoms with Gasteiger partial charge in [0.25, 0.3) is 5.91 Å². The van der Waals surface area contributed by atoms with Crippen LogP contribution in [0.3, 0.4) is 0 Å². The highest BCUT2D eigenvalue weighted by Gasteiger charge is 2.42. The molecule has 29 heavy (non-hydrogen) atoms. The van der Waals surface area contributed by atoms with Crippen molar-refractivity contribution in [2.75, 3.05) is 13.7 Å². The third-order valence-electron chi connectivity index (χ3n) is 5.29. The van der Waals surface area contributed by atoms with Gasteiger partial charge >= 0.3 is 0 Å². The molecule has 5 atom stereocenters. The fraction of sp³-hybridized carbons (Fsp3) is 0.409. The Morgan fingerprint density at radius 2 is 1.90 bits per heavy atom. The fourth-order valence-electron chi connectivity index (χ4n) is 3.48. The molecule has 1 saturated heterocycles. The first kappa shape index (κ1) is 21.3. The predicted octanol–water partition coefficient (Wildman–Crippen LogP) is 1.42. The molecule has 5 unspecified atom stereocenters. The summed E-state index contributed by atoms with van der Waals surface area (Å²) in [5.74, 6) is 0.0269. The quantitative estimate of drug-likeness (QED) is 0.583. The predicted molar refractivity (Wildman–Crippen MR) is 106 cm³/mol. The summed E-state index contributed by atoms with van der Waals surface area (Å²) >= 11 is 0. The van der Waals surface area contributed by atoms with Gasteiger partial charge in [-0.1, -0.05) is 31.2 Å². The zero-order valence-electron chi connectivity index (χ0n) is 16.5. The SMILES string of the molecule is CNC(=O)c1cccc(COc2cccc(C3OC(CO)C(C)C(O)C3O)c2)c1. The average Bonchev–Trinajstić information content (AvgIpc) is 2.76. The second kappa shape index (κ2) is 9.37. The highest BCUT2D eigenvalue weighted by Crippen LogP contribution is 2.36. The zero-order chi connectivity index (χ0) is 21.0. The molecule has 2 aromatic carbocycles. The normalized spacial score (nSPS) is 26.7. The molecule has 0 saturated carbocycles. The lowest BCUT2D eigenvalue weighted by molar-refractivity contribution is -0.207. The van der Waals surface area contributed by atoms with Crippen LogP contribution < -0.4 is 10.1 Å². The maximum atomic E-state index is 11.8. The van der Waals surface area contributed by atoms with Crippen LogP contribution in [0.4, 0.5) is 0 Å². The van der Waals surface area contributed by atoms with Crippen molar-refractivity contribution in [3.8, 4) is 5.75 Å². The average molecular weight is 401 g/mol. The van der Waals surface area contributed by atoms with Gasteiger partial charge in [0.05, 0.1) is 18.8 Å². The maximum absolute atomic E-state index is 11.8. The fourth-order valence-corrected chi connectivity index (χ4v) is 3.48. The van der Waals surface area contributed by atoms with Gasteiger partial charge in [0, 0.05) is 18.5 Å². The first-order chi connectivity index (χ1) is 13.9. The molecule has 1 heterocycles. The summed E-state index contributed by atoms with van der Waals surface area (Å²) in [7, 11) is 1.58. The van der Waals surface area contributed by atoms with E-state index in [1.807, 2.05) is 6.07 Å². The maximum Gasteiger partial charge on any atom is 0.251 e. The Bertz CT molecular complexity index is 840. The summed E-state index contributed by atoms with van der Waals surface area (Å²) in [6.07, 6.45) is -3.43. The largest absolute Gasteiger partial charge is 0.489 e. The van der Waals surface area contributed by atoms with Crippen molar-refractivity contribution in [2.24, 2.45) is 5.92 Å². The number of aliphatic hydroxyl groups is 3. The summed E-state index contributed by atoms with van der Waals surface area (Å²) in [5.41, 5.74) is 2.05. The van der Waals surface area contributed by atoms with Gasteiger partial charge in [-0.15, -0.1) is 0 Å². The van der Waals surface area contributed by atoms with Gasteiger partial charge in [-0.2, -0.15) is 0 Å². The number of aliphatic hydroxyl groups excluding tert-OH is 3. The van der Waals surface area contributed by atoms with Crippen LogP contribution in [0.25, 0.3) is 0 Å². The summed E-state index contributed by atoms with van der Waals surface area (Å²) in [5, 5.41) is 32.8. The van der Waals surface area contributed by atoms with Crippen LogP contribution in [0.15, 0.2) is 48.5 Å². The van der Waals surface area contributed by atoms with Crippen LogP contribution in [-0.2, 0) is 11.3 Å². The lowest BCUT2D eigenvalue weighted by Gasteiger charge is -2.41. The number of nitrogens with one attached hydrogen (secondary N) is 1. The van der Waals surface area contributed by atoms with Crippen LogP contribution in [0.1, 0.15) is 34.5 Å². The molecule has 0 aliphatic carbocycles. The summed E-state index contributed by atoms with van der Waals surface area (Å²) < 4.78 is 11.7. The molecule has 0 aromatic heterocycles. The monoisotopic (exact) mass is 401 g/mol. The summed E-state index contributed by atoms with van der Waals surface area (Å²) in [4.78, 5) is 11.8. The molecule has 0 bridgehead atoms. The minimum atomic E-state index is -1.10. The number of hydrogen-bond acceptors (Lipinski definition) is 6. The van der Waals surface area contributed by atoms with Crippen LogP contribution in [-0.4, -0.2) is 53.2 Å². The van der Waals surface area contributed by atoms with Gasteiger partial charge in [0.1, 0.15) is 24.6 Å². The Balaban J connectivity index is 1.72. The van der Waals surface area contributed by atoms with Crippen molar-refractivity contribution < 1.29 is 29.6 Å². The molecule has 0 radical (unpaired) electrons. The number of amides is 1. The van der Waals surface area contributed by atoms with Crippen LogP contribution in [0, 0.1) is 5.92 Å². The molecule has 1 amide bonds. The van der Waals surface area contributed by atoms with Gasteiger partial charge in [0.2, 0.25) is 0 Å². The Kier molecular flexibility index (Phi) is 6.87. The number of ether oxygens (including phenoxy) is 2. The number of hydrogen-bond donors (Lipinski definition) is 4. The molecule has 0 spiro atoms. The molecular formula is C22H27NO6. The van der Waals surface area contributed by atoms with E-state index in [1.54, 1.807) is 56.4 Å². The van der Waals surface area contributed by atoms with E-state index in [0.717, 1.165) is 5.56 Å². The van der Waals surface area contributed by atoms with Gasteiger partial charge in [-0.3, -0.25) is 4.79 Å². The standard InChI is InChI=1S/C22H27NO6/c1-13-18(11-24)29-21(20(26)19(13)25)15-6-4-8-17(10-15)28-12-14-5-3-7-16(9-14)22(27)23-2/h3-10,13,18-21,24-26H,11-12H2,1-2H3,(H,23,27). The highest BCUT2D eigenvalue weighted by atomic mass is 16.5. The summed E-state index contributed by atoms with van der Waals surface area (Å²) in [6.45, 7) is 1.76. The lowest BCUT2D eigenvalue weighted by Crippen LogP contribution is -2.50. The third kappa shape index (κ3) is 4.76. The Morgan fingerprint density at radius 3 is 2.62 bits per heavy atom. The van der Waals surface area contributed by atoms with E-state index in [-0.39, 0.29) is 25.0 Å². The second-order valence-electron chi connectivity index (χ2n) is 7.26. The van der Waals surface area contributed by atoms with Crippen molar-refractivity contribution >= 4 is 5.91 Å². The Labute approximate surface area is 169 Å². The van der Waals surface area contributed by atoms with Crippen molar-refractivity contribution in [2.45, 2.75) is 37.9 Å². The second-order valence-corrected chi connectivity index (χ2v) is 7.26. The molecule has 1 aliphatic rings. The van der Waals surface area contributed by atoms with Crippen molar-refractivity contribution in [3.05, 3.63) is 65.2 Å². The number of carbonyl (C=O) groups excluding carboxylic acids is 1. The van der Waals surface area contributed by atoms with E-state index in [4.69, 9.17) is 9.47 Å². The van der Waals surface area contributed by atoms with Gasteiger partial charge in [-0.25, -0.2) is 0 Å². The van der Waals surface area contributed by atoms with Gasteiger partial charge in [-0.05, 0) is 35.4 Å². The number of benzene rings is 2. The van der Waals surface area contributed by atoms with Gasteiger partial charge in [0.15, 0.2) is 0 Å². The van der Waals surface area contributed by atoms with Crippen LogP contribution in [0.2, 0.25) is 0 Å². The first-order valence-electron chi connectivity index (χ1n) is 9.60. The van der Waals surface area contributed by atoms with E-state index in [9.17, 15) is 20.1 Å². The zero-order valence-corrected chi connectivity index (χ0v) is 16.5. The summed E-state index contributed by atoms with van der Waals surface area (Å²) in [6, 6.07) is 14.2. The van der Waals surface area contributed by atoms with E-state index in [1.165, 1.54) is 0 Å². The van der Waals surface area contributed by atoms with Crippen molar-refractivity contribution in [1.29, 1.82) is 0 Å². The van der Waals surface area contributed by atoms with Crippen molar-refractivity contribution in [1.82, 2.24) is 5.32 Å². The molecule has 1 aliphatic heterocycles. The Morgan fingerprint density at radius 1 is 1.14 bits per heavy atom. The van der Waals surface area contributed by atoms with E-state index in [2.05, 4.69) is 5.32 Å². The third-order valence-corrected chi connectivity index (χ3v) is 5.29. The Hall–Kier alpha value is -2.45. The molecule has 7 nitrogen and oxygen atoms in total. The van der Waals surface area contributed by atoms with E-state index in [0.29, 0.717) is 16.9 Å². The van der Waals surface area contributed by atoms with E-state index < -0.39 is 24.4 Å². The van der Waals surface area contributed by atoms with E-state index >= 15 is 0 Å². The lowest BCUT2D eigenvalue weighted by atomic mass is 9.86. The molecule has 1 fully saturated rings. The topological polar surface area (TPSA) is 108 Å². The van der Waals surface area contributed by atoms with Crippen molar-refractivity contribution in [3.63, 3.8) is 0 Å². The molecule has 2 aromatic rings. The van der Waals surface area contributed by atoms with Crippen LogP contribution in [0.5, 0.6) is 5.75 Å². The minimum absolute atomic E-state index is 0.163. The molecule has 3 rings (SSSR count). The van der Waals surface area contributed by atoms with Crippen LogP contribution >= 0.6 is 0 Å². The van der Waals surface area contributed by atoms with Gasteiger partial charge < -0.3 is 30.1 Å². The molecular weight excluding hydrogens is 374 g/mol. The number of rotatable bonds is 6. The first-order valence-corrected chi connectivity index (χ1v) is 9.60. The molecule has 4 N–H and O–H groups in total. The molecule has 7 heteroatoms. The number of carbonyl (C=O) groups is 1.